The molecule has 9 nitrogen and oxygen atoms in total. The van der Waals surface area contributed by atoms with Crippen LogP contribution in [0, 0.1) is 11.3 Å². The fourth-order valence-corrected chi connectivity index (χ4v) is 6.57. The number of nitrogens with zero attached hydrogens (tertiary/aromatic N) is 5. The summed E-state index contributed by atoms with van der Waals surface area (Å²) in [5.74, 6) is 1.84. The van der Waals surface area contributed by atoms with E-state index in [1.165, 1.54) is 0 Å². The van der Waals surface area contributed by atoms with E-state index in [1.54, 1.807) is 23.3 Å². The molecule has 12 heteroatoms. The number of ether oxygens (including phenoxy) is 2. The SMILES string of the molecule is CCOc1cc(C2=N[C@@H](c3ccc(Cl)cc3)[C@@H](c3ccc(Cl)cc3)N2C(=O)N2CCN(CCS(C)=O)CC2)c(OCC)cc1C#N. The van der Waals surface area contributed by atoms with Gasteiger partial charge in [0.25, 0.3) is 0 Å². The van der Waals surface area contributed by atoms with Crippen LogP contribution >= 0.6 is 23.2 Å². The van der Waals surface area contributed by atoms with Gasteiger partial charge in [0.05, 0.1) is 30.4 Å². The maximum Gasteiger partial charge on any atom is 0.326 e. The molecule has 0 aromatic heterocycles. The summed E-state index contributed by atoms with van der Waals surface area (Å²) in [5.41, 5.74) is 2.62. The lowest BCUT2D eigenvalue weighted by Gasteiger charge is -2.39. The topological polar surface area (TPSA) is 98.5 Å². The highest BCUT2D eigenvalue weighted by Crippen LogP contribution is 2.46. The van der Waals surface area contributed by atoms with Crippen LogP contribution < -0.4 is 9.47 Å². The van der Waals surface area contributed by atoms with E-state index in [9.17, 15) is 14.3 Å². The van der Waals surface area contributed by atoms with Crippen LogP contribution in [0.25, 0.3) is 0 Å². The van der Waals surface area contributed by atoms with Crippen molar-refractivity contribution < 1.29 is 18.5 Å². The van der Waals surface area contributed by atoms with Crippen LogP contribution in [0.4, 0.5) is 4.79 Å². The third-order valence-corrected chi connectivity index (χ3v) is 9.34. The molecular formula is C34H37Cl2N5O4S. The van der Waals surface area contributed by atoms with Gasteiger partial charge in [-0.15, -0.1) is 0 Å². The summed E-state index contributed by atoms with van der Waals surface area (Å²) < 4.78 is 23.6. The van der Waals surface area contributed by atoms with Crippen LogP contribution in [-0.4, -0.2) is 88.7 Å². The molecule has 46 heavy (non-hydrogen) atoms. The van der Waals surface area contributed by atoms with E-state index in [2.05, 4.69) is 11.0 Å². The number of nitriles is 1. The Balaban J connectivity index is 1.65. The van der Waals surface area contributed by atoms with Gasteiger partial charge in [-0.2, -0.15) is 5.26 Å². The Morgan fingerprint density at radius 3 is 2.09 bits per heavy atom. The molecule has 0 radical (unpaired) electrons. The molecule has 5 rings (SSSR count). The van der Waals surface area contributed by atoms with Gasteiger partial charge in [-0.05, 0) is 55.3 Å². The Hall–Kier alpha value is -3.62. The molecule has 2 aliphatic heterocycles. The zero-order valence-corrected chi connectivity index (χ0v) is 28.4. The minimum Gasteiger partial charge on any atom is -0.493 e. The van der Waals surface area contributed by atoms with Crippen LogP contribution in [-0.2, 0) is 10.8 Å². The van der Waals surface area contributed by atoms with Crippen LogP contribution in [0.3, 0.4) is 0 Å². The van der Waals surface area contributed by atoms with Crippen molar-refractivity contribution in [2.24, 2.45) is 4.99 Å². The zero-order valence-electron chi connectivity index (χ0n) is 26.1. The van der Waals surface area contributed by atoms with Crippen molar-refractivity contribution >= 4 is 45.9 Å². The van der Waals surface area contributed by atoms with Gasteiger partial charge in [-0.1, -0.05) is 47.5 Å². The first-order chi connectivity index (χ1) is 22.2. The molecule has 0 bridgehead atoms. The minimum atomic E-state index is -0.881. The lowest BCUT2D eigenvalue weighted by molar-refractivity contribution is 0.122. The van der Waals surface area contributed by atoms with Gasteiger partial charge >= 0.3 is 6.03 Å². The van der Waals surface area contributed by atoms with Gasteiger partial charge in [0.15, 0.2) is 0 Å². The number of piperazine rings is 1. The third kappa shape index (κ3) is 7.50. The number of urea groups is 1. The number of amides is 2. The van der Waals surface area contributed by atoms with E-state index in [0.29, 0.717) is 83.7 Å². The largest absolute Gasteiger partial charge is 0.493 e. The molecule has 2 amide bonds. The number of halogens is 2. The van der Waals surface area contributed by atoms with E-state index in [1.807, 2.05) is 67.3 Å². The number of rotatable bonds is 10. The second-order valence-electron chi connectivity index (χ2n) is 11.0. The summed E-state index contributed by atoms with van der Waals surface area (Å²) in [6, 6.07) is 19.3. The Morgan fingerprint density at radius 1 is 0.935 bits per heavy atom. The molecule has 0 aliphatic carbocycles. The predicted molar refractivity (Wildman–Crippen MR) is 183 cm³/mol. The monoisotopic (exact) mass is 681 g/mol. The van der Waals surface area contributed by atoms with Crippen LogP contribution in [0.15, 0.2) is 65.7 Å². The summed E-state index contributed by atoms with van der Waals surface area (Å²) in [6.45, 7) is 7.50. The van der Waals surface area contributed by atoms with Crippen LogP contribution in [0.2, 0.25) is 10.0 Å². The highest BCUT2D eigenvalue weighted by molar-refractivity contribution is 7.84. The standard InChI is InChI=1S/C34H37Cl2N5O4S/c1-4-44-29-21-28(30(45-5-2)20-25(29)22-37)33-38-31(23-6-10-26(35)11-7-23)32(24-8-12-27(36)13-9-24)41(33)34(42)40-16-14-39(15-17-40)18-19-46(3)43/h6-13,20-21,31-32H,4-5,14-19H2,1-3H3/t31-,32+,46?/m0/s1. The number of hydrogen-bond donors (Lipinski definition) is 0. The maximum atomic E-state index is 14.8. The molecule has 3 atom stereocenters. The van der Waals surface area contributed by atoms with E-state index < -0.39 is 22.9 Å². The van der Waals surface area contributed by atoms with Crippen LogP contribution in [0.5, 0.6) is 11.5 Å². The lowest BCUT2D eigenvalue weighted by atomic mass is 9.93. The van der Waals surface area contributed by atoms with Crippen molar-refractivity contribution in [1.82, 2.24) is 14.7 Å². The van der Waals surface area contributed by atoms with Gasteiger partial charge in [-0.25, -0.2) is 4.79 Å². The first-order valence-corrected chi connectivity index (χ1v) is 17.8. The first-order valence-electron chi connectivity index (χ1n) is 15.3. The minimum absolute atomic E-state index is 0.196. The molecule has 3 aromatic rings. The average Bonchev–Trinajstić information content (AvgIpc) is 3.45. The second kappa shape index (κ2) is 15.3. The van der Waals surface area contributed by atoms with Gasteiger partial charge < -0.3 is 14.4 Å². The van der Waals surface area contributed by atoms with Gasteiger partial charge in [0, 0.05) is 71.6 Å². The second-order valence-corrected chi connectivity index (χ2v) is 13.5. The first kappa shape index (κ1) is 33.7. The maximum absolute atomic E-state index is 14.8. The van der Waals surface area contributed by atoms with Crippen molar-refractivity contribution in [2.45, 2.75) is 25.9 Å². The molecule has 2 heterocycles. The quantitative estimate of drug-likeness (QED) is 0.248. The number of hydrogen-bond acceptors (Lipinski definition) is 7. The van der Waals surface area contributed by atoms with E-state index >= 15 is 0 Å². The summed E-state index contributed by atoms with van der Waals surface area (Å²) >= 11 is 12.6. The molecule has 242 valence electrons. The molecule has 1 saturated heterocycles. The fraction of sp³-hybridized carbons (Fsp3) is 0.382. The van der Waals surface area contributed by atoms with Crippen molar-refractivity contribution in [3.8, 4) is 17.6 Å². The van der Waals surface area contributed by atoms with Crippen LogP contribution in [0.1, 0.15) is 48.2 Å². The average molecular weight is 683 g/mol. The number of carbonyl (C=O) groups excluding carboxylic acids is 1. The highest BCUT2D eigenvalue weighted by Gasteiger charge is 2.45. The number of benzene rings is 3. The fourth-order valence-electron chi connectivity index (χ4n) is 5.80. The molecule has 2 aliphatic rings. The zero-order chi connectivity index (χ0) is 32.8. The lowest BCUT2D eigenvalue weighted by Crippen LogP contribution is -2.54. The normalized spacial score (nSPS) is 19.0. The molecule has 1 fully saturated rings. The molecule has 0 saturated carbocycles. The molecule has 0 spiro atoms. The number of aliphatic imine (C=N–C) groups is 1. The highest BCUT2D eigenvalue weighted by atomic mass is 35.5. The van der Waals surface area contributed by atoms with E-state index in [4.69, 9.17) is 37.7 Å². The van der Waals surface area contributed by atoms with Crippen molar-refractivity contribution in [1.29, 1.82) is 5.26 Å². The number of amidine groups is 1. The smallest absolute Gasteiger partial charge is 0.326 e. The number of carbonyl (C=O) groups is 1. The molecule has 0 N–H and O–H groups in total. The summed E-state index contributed by atoms with van der Waals surface area (Å²) in [6.07, 6.45) is 1.71. The van der Waals surface area contributed by atoms with Gasteiger partial charge in [0.2, 0.25) is 0 Å². The molecule has 3 aromatic carbocycles. The van der Waals surface area contributed by atoms with E-state index in [0.717, 1.165) is 17.7 Å². The van der Waals surface area contributed by atoms with Gasteiger partial charge in [0.1, 0.15) is 29.4 Å². The Kier molecular flexibility index (Phi) is 11.2. The molecule has 1 unspecified atom stereocenters. The van der Waals surface area contributed by atoms with Gasteiger partial charge in [-0.3, -0.25) is 19.0 Å². The Labute approximate surface area is 282 Å². The summed E-state index contributed by atoms with van der Waals surface area (Å²) in [4.78, 5) is 25.9. The summed E-state index contributed by atoms with van der Waals surface area (Å²) in [5, 5.41) is 11.1. The summed E-state index contributed by atoms with van der Waals surface area (Å²) in [7, 11) is -0.881. The Morgan fingerprint density at radius 2 is 1.52 bits per heavy atom. The predicted octanol–water partition coefficient (Wildman–Crippen LogP) is 6.32. The Bertz CT molecular complexity index is 1640. The molecular weight excluding hydrogens is 645 g/mol. The van der Waals surface area contributed by atoms with Crippen molar-refractivity contribution in [3.05, 3.63) is 93.0 Å². The van der Waals surface area contributed by atoms with E-state index in [-0.39, 0.29) is 6.03 Å². The van der Waals surface area contributed by atoms with Crippen molar-refractivity contribution in [2.75, 3.05) is 57.9 Å². The third-order valence-electron chi connectivity index (χ3n) is 8.08. The van der Waals surface area contributed by atoms with Crippen molar-refractivity contribution in [3.63, 3.8) is 0 Å².